The molecule has 1 amide bonds. The van der Waals surface area contributed by atoms with Crippen LogP contribution in [0.1, 0.15) is 24.3 Å². The van der Waals surface area contributed by atoms with Crippen LogP contribution >= 0.6 is 11.8 Å². The van der Waals surface area contributed by atoms with Gasteiger partial charge in [0.25, 0.3) is 5.22 Å². The normalized spacial score (nSPS) is 11.7. The minimum Gasteiger partial charge on any atom is -0.457 e. The molecule has 0 aliphatic heterocycles. The Kier molecular flexibility index (Phi) is 7.19. The molecule has 1 heterocycles. The van der Waals surface area contributed by atoms with Crippen LogP contribution in [0.5, 0.6) is 11.5 Å². The third kappa shape index (κ3) is 6.21. The molecular formula is C25H23N3O3S. The lowest BCUT2D eigenvalue weighted by atomic mass is 9.98. The van der Waals surface area contributed by atoms with Gasteiger partial charge < -0.3 is 14.5 Å². The molecule has 0 saturated heterocycles. The molecule has 162 valence electrons. The van der Waals surface area contributed by atoms with Gasteiger partial charge in [-0.3, -0.25) is 4.79 Å². The van der Waals surface area contributed by atoms with E-state index in [1.54, 1.807) is 6.07 Å². The van der Waals surface area contributed by atoms with Gasteiger partial charge in [-0.1, -0.05) is 73.3 Å². The molecule has 0 spiro atoms. The highest BCUT2D eigenvalue weighted by atomic mass is 32.2. The molecule has 0 bridgehead atoms. The molecular weight excluding hydrogens is 422 g/mol. The predicted octanol–water partition coefficient (Wildman–Crippen LogP) is 5.94. The first-order chi connectivity index (χ1) is 15.7. The molecule has 3 aromatic carbocycles. The highest BCUT2D eigenvalue weighted by Gasteiger charge is 2.14. The van der Waals surface area contributed by atoms with Crippen LogP contribution in [0, 0.1) is 0 Å². The van der Waals surface area contributed by atoms with Gasteiger partial charge >= 0.3 is 0 Å². The van der Waals surface area contributed by atoms with Gasteiger partial charge in [-0.2, -0.15) is 0 Å². The number of nitrogens with one attached hydrogen (secondary N) is 1. The van der Waals surface area contributed by atoms with Crippen molar-refractivity contribution in [2.24, 2.45) is 0 Å². The largest absolute Gasteiger partial charge is 0.457 e. The number of nitrogens with zero attached hydrogens (tertiary/aromatic N) is 2. The number of rotatable bonds is 9. The molecule has 4 aromatic rings. The Hall–Kier alpha value is -3.58. The standard InChI is InChI=1S/C25H23N3O3S/c1-18(19-9-4-2-5-10-19)15-24-27-28-25(31-24)32-17-23(29)26-20-11-8-14-22(16-20)30-21-12-6-3-7-13-21/h2-14,16,18H,15,17H2,1H3,(H,26,29). The molecule has 1 atom stereocenters. The zero-order valence-electron chi connectivity index (χ0n) is 17.6. The van der Waals surface area contributed by atoms with E-state index in [0.29, 0.717) is 29.0 Å². The van der Waals surface area contributed by atoms with Crippen LogP contribution < -0.4 is 10.1 Å². The zero-order valence-corrected chi connectivity index (χ0v) is 18.4. The lowest BCUT2D eigenvalue weighted by Gasteiger charge is -2.08. The third-order valence-electron chi connectivity index (χ3n) is 4.72. The van der Waals surface area contributed by atoms with Crippen molar-refractivity contribution in [3.63, 3.8) is 0 Å². The lowest BCUT2D eigenvalue weighted by Crippen LogP contribution is -2.13. The van der Waals surface area contributed by atoms with Gasteiger partial charge in [-0.25, -0.2) is 0 Å². The van der Waals surface area contributed by atoms with Crippen LogP contribution in [0.15, 0.2) is 94.6 Å². The average Bonchev–Trinajstić information content (AvgIpc) is 3.26. The van der Waals surface area contributed by atoms with Crippen LogP contribution in [0.25, 0.3) is 0 Å². The second-order valence-corrected chi connectivity index (χ2v) is 8.18. The summed E-state index contributed by atoms with van der Waals surface area (Å²) in [6, 6.07) is 27.0. The molecule has 1 unspecified atom stereocenters. The fourth-order valence-electron chi connectivity index (χ4n) is 3.13. The zero-order chi connectivity index (χ0) is 22.2. The Bertz CT molecular complexity index is 1150. The molecule has 32 heavy (non-hydrogen) atoms. The summed E-state index contributed by atoms with van der Waals surface area (Å²) in [4.78, 5) is 12.4. The van der Waals surface area contributed by atoms with Gasteiger partial charge in [0.1, 0.15) is 11.5 Å². The topological polar surface area (TPSA) is 77.2 Å². The van der Waals surface area contributed by atoms with E-state index >= 15 is 0 Å². The van der Waals surface area contributed by atoms with Gasteiger partial charge in [0.05, 0.1) is 5.75 Å². The summed E-state index contributed by atoms with van der Waals surface area (Å²) in [7, 11) is 0. The van der Waals surface area contributed by atoms with E-state index in [9.17, 15) is 4.79 Å². The van der Waals surface area contributed by atoms with Crippen molar-refractivity contribution in [1.29, 1.82) is 0 Å². The summed E-state index contributed by atoms with van der Waals surface area (Å²) in [5.74, 6) is 2.22. The second-order valence-electron chi connectivity index (χ2n) is 7.26. The number of thioether (sulfide) groups is 1. The van der Waals surface area contributed by atoms with Crippen molar-refractivity contribution in [2.75, 3.05) is 11.1 Å². The maximum absolute atomic E-state index is 12.4. The van der Waals surface area contributed by atoms with E-state index in [0.717, 1.165) is 5.75 Å². The number of carbonyl (C=O) groups excluding carboxylic acids is 1. The van der Waals surface area contributed by atoms with Crippen molar-refractivity contribution in [2.45, 2.75) is 24.5 Å². The van der Waals surface area contributed by atoms with Gasteiger partial charge in [0.2, 0.25) is 11.8 Å². The molecule has 0 aliphatic rings. The molecule has 6 nitrogen and oxygen atoms in total. The first-order valence-electron chi connectivity index (χ1n) is 10.3. The SMILES string of the molecule is CC(Cc1nnc(SCC(=O)Nc2cccc(Oc3ccccc3)c2)o1)c1ccccc1. The first kappa shape index (κ1) is 21.6. The van der Waals surface area contributed by atoms with Crippen LogP contribution in [0.4, 0.5) is 5.69 Å². The maximum atomic E-state index is 12.4. The molecule has 0 radical (unpaired) electrons. The number of para-hydroxylation sites is 1. The minimum absolute atomic E-state index is 0.163. The molecule has 0 aliphatic carbocycles. The Morgan fingerprint density at radius 1 is 0.969 bits per heavy atom. The first-order valence-corrected chi connectivity index (χ1v) is 11.3. The second kappa shape index (κ2) is 10.6. The molecule has 7 heteroatoms. The Morgan fingerprint density at radius 3 is 2.47 bits per heavy atom. The number of amides is 1. The fraction of sp³-hybridized carbons (Fsp3) is 0.160. The molecule has 0 fully saturated rings. The van der Waals surface area contributed by atoms with Crippen LogP contribution in [0.3, 0.4) is 0 Å². The van der Waals surface area contributed by atoms with E-state index in [1.807, 2.05) is 66.7 Å². The number of hydrogen-bond donors (Lipinski definition) is 1. The van der Waals surface area contributed by atoms with Crippen molar-refractivity contribution in [1.82, 2.24) is 10.2 Å². The molecule has 1 aromatic heterocycles. The van der Waals surface area contributed by atoms with E-state index < -0.39 is 0 Å². The van der Waals surface area contributed by atoms with Crippen LogP contribution in [0.2, 0.25) is 0 Å². The van der Waals surface area contributed by atoms with Crippen molar-refractivity contribution in [3.8, 4) is 11.5 Å². The fourth-order valence-corrected chi connectivity index (χ4v) is 3.71. The summed E-state index contributed by atoms with van der Waals surface area (Å²) in [6.45, 7) is 2.12. The van der Waals surface area contributed by atoms with Crippen LogP contribution in [-0.2, 0) is 11.2 Å². The van der Waals surface area contributed by atoms with Gasteiger partial charge in [0.15, 0.2) is 0 Å². The molecule has 1 N–H and O–H groups in total. The summed E-state index contributed by atoms with van der Waals surface area (Å²) in [6.07, 6.45) is 0.651. The number of anilines is 1. The lowest BCUT2D eigenvalue weighted by molar-refractivity contribution is -0.113. The Labute approximate surface area is 191 Å². The number of aromatic nitrogens is 2. The maximum Gasteiger partial charge on any atom is 0.277 e. The number of carbonyl (C=O) groups is 1. The monoisotopic (exact) mass is 445 g/mol. The number of hydrogen-bond acceptors (Lipinski definition) is 6. The Balaban J connectivity index is 1.27. The average molecular weight is 446 g/mol. The van der Waals surface area contributed by atoms with Gasteiger partial charge in [0, 0.05) is 18.2 Å². The minimum atomic E-state index is -0.163. The smallest absolute Gasteiger partial charge is 0.277 e. The Morgan fingerprint density at radius 2 is 1.69 bits per heavy atom. The van der Waals surface area contributed by atoms with Gasteiger partial charge in [-0.15, -0.1) is 10.2 Å². The summed E-state index contributed by atoms with van der Waals surface area (Å²) in [5, 5.41) is 11.4. The number of ether oxygens (including phenoxy) is 1. The summed E-state index contributed by atoms with van der Waals surface area (Å²) >= 11 is 1.21. The quantitative estimate of drug-likeness (QED) is 0.321. The predicted molar refractivity (Wildman–Crippen MR) is 125 cm³/mol. The van der Waals surface area contributed by atoms with E-state index in [-0.39, 0.29) is 17.6 Å². The van der Waals surface area contributed by atoms with Crippen molar-refractivity contribution in [3.05, 3.63) is 96.4 Å². The number of benzene rings is 3. The molecule has 4 rings (SSSR count). The summed E-state index contributed by atoms with van der Waals surface area (Å²) < 4.78 is 11.5. The third-order valence-corrected chi connectivity index (χ3v) is 5.54. The van der Waals surface area contributed by atoms with Crippen molar-refractivity contribution >= 4 is 23.4 Å². The van der Waals surface area contributed by atoms with E-state index in [1.165, 1.54) is 17.3 Å². The van der Waals surface area contributed by atoms with Gasteiger partial charge in [-0.05, 0) is 35.7 Å². The van der Waals surface area contributed by atoms with Crippen LogP contribution in [-0.4, -0.2) is 21.9 Å². The molecule has 0 saturated carbocycles. The highest BCUT2D eigenvalue weighted by Crippen LogP contribution is 2.25. The highest BCUT2D eigenvalue weighted by molar-refractivity contribution is 7.99. The van der Waals surface area contributed by atoms with Crippen molar-refractivity contribution < 1.29 is 13.9 Å². The summed E-state index contributed by atoms with van der Waals surface area (Å²) in [5.41, 5.74) is 1.88. The van der Waals surface area contributed by atoms with E-state index in [2.05, 4.69) is 34.6 Å². The van der Waals surface area contributed by atoms with E-state index in [4.69, 9.17) is 9.15 Å².